The van der Waals surface area contributed by atoms with Gasteiger partial charge in [-0.2, -0.15) is 4.98 Å². The van der Waals surface area contributed by atoms with E-state index in [9.17, 15) is 4.39 Å². The van der Waals surface area contributed by atoms with Crippen LogP contribution in [-0.4, -0.2) is 19.5 Å². The Balaban J connectivity index is 2.18. The Hall–Kier alpha value is -2.27. The molecule has 0 bridgehead atoms. The fourth-order valence-electron chi connectivity index (χ4n) is 1.79. The Morgan fingerprint density at radius 3 is 2.68 bits per heavy atom. The Morgan fingerprint density at radius 2 is 1.89 bits per heavy atom. The van der Waals surface area contributed by atoms with Crippen molar-refractivity contribution in [3.8, 4) is 17.1 Å². The first-order valence-electron chi connectivity index (χ1n) is 5.52. The maximum absolute atomic E-state index is 13.8. The summed E-state index contributed by atoms with van der Waals surface area (Å²) in [6.45, 7) is 0. The molecule has 3 aromatic rings. The van der Waals surface area contributed by atoms with Crippen molar-refractivity contribution in [2.75, 3.05) is 0 Å². The molecule has 19 heavy (non-hydrogen) atoms. The van der Waals surface area contributed by atoms with Crippen molar-refractivity contribution in [1.29, 1.82) is 0 Å². The highest BCUT2D eigenvalue weighted by Crippen LogP contribution is 2.23. The maximum atomic E-state index is 13.8. The molecule has 0 aliphatic heterocycles. The van der Waals surface area contributed by atoms with E-state index in [1.165, 1.54) is 10.9 Å². The molecule has 6 heteroatoms. The van der Waals surface area contributed by atoms with E-state index in [2.05, 4.69) is 15.0 Å². The van der Waals surface area contributed by atoms with E-state index < -0.39 is 5.82 Å². The average Bonchev–Trinajstić information content (AvgIpc) is 2.91. The number of halogens is 2. The summed E-state index contributed by atoms with van der Waals surface area (Å²) >= 11 is 5.71. The number of imidazole rings is 1. The zero-order chi connectivity index (χ0) is 13.2. The molecule has 0 atom stereocenters. The smallest absolute Gasteiger partial charge is 0.224 e. The molecule has 0 N–H and O–H groups in total. The fraction of sp³-hybridized carbons (Fsp3) is 0. The molecule has 0 fully saturated rings. The van der Waals surface area contributed by atoms with E-state index in [0.29, 0.717) is 0 Å². The van der Waals surface area contributed by atoms with Gasteiger partial charge in [0, 0.05) is 5.56 Å². The van der Waals surface area contributed by atoms with Crippen molar-refractivity contribution in [1.82, 2.24) is 19.5 Å². The van der Waals surface area contributed by atoms with Crippen LogP contribution in [0.4, 0.5) is 4.39 Å². The third-order valence-corrected chi connectivity index (χ3v) is 2.81. The topological polar surface area (TPSA) is 43.6 Å². The molecule has 2 aromatic heterocycles. The summed E-state index contributed by atoms with van der Waals surface area (Å²) in [4.78, 5) is 11.5. The average molecular weight is 275 g/mol. The monoisotopic (exact) mass is 274 g/mol. The molecule has 0 amide bonds. The van der Waals surface area contributed by atoms with E-state index >= 15 is 0 Å². The summed E-state index contributed by atoms with van der Waals surface area (Å²) < 4.78 is 15.3. The van der Waals surface area contributed by atoms with Crippen molar-refractivity contribution < 1.29 is 4.39 Å². The fourth-order valence-corrected chi connectivity index (χ4v) is 1.92. The van der Waals surface area contributed by atoms with Crippen molar-refractivity contribution in [2.45, 2.75) is 0 Å². The third kappa shape index (κ3) is 2.20. The van der Waals surface area contributed by atoms with E-state index in [1.807, 2.05) is 30.3 Å². The highest BCUT2D eigenvalue weighted by molar-refractivity contribution is 6.28. The Kier molecular flexibility index (Phi) is 2.97. The normalized spacial score (nSPS) is 10.6. The minimum atomic E-state index is -0.556. The number of nitrogens with zero attached hydrogens (tertiary/aromatic N) is 4. The third-order valence-electron chi connectivity index (χ3n) is 2.63. The standard InChI is InChI=1S/C13H8ClFN4/c14-13-17-6-10(15)12(18-13)19-8-16-7-11(19)9-4-2-1-3-5-9/h1-8H. The quantitative estimate of drug-likeness (QED) is 0.675. The number of hydrogen-bond donors (Lipinski definition) is 0. The van der Waals surface area contributed by atoms with Gasteiger partial charge in [-0.1, -0.05) is 30.3 Å². The van der Waals surface area contributed by atoms with Crippen LogP contribution in [0.2, 0.25) is 5.28 Å². The van der Waals surface area contributed by atoms with Crippen LogP contribution in [0.25, 0.3) is 17.1 Å². The van der Waals surface area contributed by atoms with Gasteiger partial charge in [-0.3, -0.25) is 4.57 Å². The first-order chi connectivity index (χ1) is 9.25. The summed E-state index contributed by atoms with van der Waals surface area (Å²) in [5.74, 6) is -0.476. The largest absolute Gasteiger partial charge is 0.280 e. The molecular weight excluding hydrogens is 267 g/mol. The van der Waals surface area contributed by atoms with Gasteiger partial charge in [-0.25, -0.2) is 14.4 Å². The van der Waals surface area contributed by atoms with Crippen molar-refractivity contribution >= 4 is 11.6 Å². The second-order valence-corrected chi connectivity index (χ2v) is 4.16. The van der Waals surface area contributed by atoms with Gasteiger partial charge in [0.25, 0.3) is 0 Å². The molecule has 0 unspecified atom stereocenters. The summed E-state index contributed by atoms with van der Waals surface area (Å²) in [6.07, 6.45) is 4.17. The van der Waals surface area contributed by atoms with Crippen LogP contribution in [0.5, 0.6) is 0 Å². The van der Waals surface area contributed by atoms with Gasteiger partial charge in [0.05, 0.1) is 18.1 Å². The Bertz CT molecular complexity index is 712. The van der Waals surface area contributed by atoms with Gasteiger partial charge in [0.2, 0.25) is 5.28 Å². The lowest BCUT2D eigenvalue weighted by Crippen LogP contribution is -2.03. The Morgan fingerprint density at radius 1 is 1.11 bits per heavy atom. The van der Waals surface area contributed by atoms with Crippen LogP contribution >= 0.6 is 11.6 Å². The Labute approximate surface area is 113 Å². The summed E-state index contributed by atoms with van der Waals surface area (Å²) in [6, 6.07) is 9.53. The molecule has 0 radical (unpaired) electrons. The van der Waals surface area contributed by atoms with Crippen molar-refractivity contribution in [3.05, 3.63) is 60.2 Å². The van der Waals surface area contributed by atoms with Gasteiger partial charge in [0.15, 0.2) is 11.6 Å². The van der Waals surface area contributed by atoms with Crippen molar-refractivity contribution in [3.63, 3.8) is 0 Å². The minimum absolute atomic E-state index is 0.0101. The number of benzene rings is 1. The minimum Gasteiger partial charge on any atom is -0.280 e. The highest BCUT2D eigenvalue weighted by atomic mass is 35.5. The summed E-state index contributed by atoms with van der Waals surface area (Å²) in [5.41, 5.74) is 1.64. The van der Waals surface area contributed by atoms with Gasteiger partial charge in [-0.15, -0.1) is 0 Å². The molecular formula is C13H8ClFN4. The van der Waals surface area contributed by atoms with Crippen LogP contribution in [0.1, 0.15) is 0 Å². The zero-order valence-corrected chi connectivity index (χ0v) is 10.4. The van der Waals surface area contributed by atoms with Crippen LogP contribution in [0, 0.1) is 5.82 Å². The molecule has 0 spiro atoms. The summed E-state index contributed by atoms with van der Waals surface area (Å²) in [7, 11) is 0. The number of aromatic nitrogens is 4. The number of rotatable bonds is 2. The van der Waals surface area contributed by atoms with Gasteiger partial charge in [0.1, 0.15) is 6.33 Å². The van der Waals surface area contributed by atoms with Crippen LogP contribution in [0.3, 0.4) is 0 Å². The number of hydrogen-bond acceptors (Lipinski definition) is 3. The lowest BCUT2D eigenvalue weighted by atomic mass is 10.2. The first kappa shape index (κ1) is 11.8. The highest BCUT2D eigenvalue weighted by Gasteiger charge is 2.13. The summed E-state index contributed by atoms with van der Waals surface area (Å²) in [5, 5.41) is -0.0101. The van der Waals surface area contributed by atoms with E-state index in [4.69, 9.17) is 11.6 Å². The molecule has 0 saturated heterocycles. The molecule has 0 aliphatic rings. The molecule has 4 nitrogen and oxygen atoms in total. The first-order valence-corrected chi connectivity index (χ1v) is 5.89. The second-order valence-electron chi connectivity index (χ2n) is 3.83. The van der Waals surface area contributed by atoms with Gasteiger partial charge < -0.3 is 0 Å². The van der Waals surface area contributed by atoms with Crippen LogP contribution in [-0.2, 0) is 0 Å². The molecule has 0 saturated carbocycles. The molecule has 1 aromatic carbocycles. The maximum Gasteiger partial charge on any atom is 0.224 e. The van der Waals surface area contributed by atoms with E-state index in [0.717, 1.165) is 17.5 Å². The van der Waals surface area contributed by atoms with Gasteiger partial charge in [-0.05, 0) is 11.6 Å². The lowest BCUT2D eigenvalue weighted by molar-refractivity contribution is 0.602. The van der Waals surface area contributed by atoms with E-state index in [1.54, 1.807) is 6.20 Å². The predicted octanol–water partition coefficient (Wildman–Crippen LogP) is 3.12. The molecule has 94 valence electrons. The zero-order valence-electron chi connectivity index (χ0n) is 9.66. The van der Waals surface area contributed by atoms with Crippen LogP contribution < -0.4 is 0 Å². The lowest BCUT2D eigenvalue weighted by Gasteiger charge is -2.08. The molecule has 2 heterocycles. The van der Waals surface area contributed by atoms with Gasteiger partial charge >= 0.3 is 0 Å². The van der Waals surface area contributed by atoms with Crippen molar-refractivity contribution in [2.24, 2.45) is 0 Å². The van der Waals surface area contributed by atoms with Crippen LogP contribution in [0.15, 0.2) is 49.1 Å². The molecule has 0 aliphatic carbocycles. The van der Waals surface area contributed by atoms with E-state index in [-0.39, 0.29) is 11.1 Å². The SMILES string of the molecule is Fc1cnc(Cl)nc1-n1cncc1-c1ccccc1. The predicted molar refractivity (Wildman–Crippen MR) is 69.6 cm³/mol. The molecule has 3 rings (SSSR count). The second kappa shape index (κ2) is 4.78.